The van der Waals surface area contributed by atoms with Gasteiger partial charge in [0.15, 0.2) is 6.20 Å². The predicted octanol–water partition coefficient (Wildman–Crippen LogP) is 0.807. The van der Waals surface area contributed by atoms with Crippen molar-refractivity contribution >= 4 is 28.3 Å². The first-order valence-corrected chi connectivity index (χ1v) is 6.88. The van der Waals surface area contributed by atoms with E-state index in [1.807, 2.05) is 41.1 Å². The van der Waals surface area contributed by atoms with E-state index in [1.54, 1.807) is 0 Å². The number of ketones is 1. The number of benzene rings is 2. The maximum atomic E-state index is 12.9. The van der Waals surface area contributed by atoms with Gasteiger partial charge < -0.3 is 17.0 Å². The Morgan fingerprint density at radius 2 is 1.77 bits per heavy atom. The summed E-state index contributed by atoms with van der Waals surface area (Å²) in [5, 5.41) is 1.55. The van der Waals surface area contributed by atoms with E-state index in [1.165, 1.54) is 24.3 Å². The number of carbonyl (C=O) groups is 1. The largest absolute Gasteiger partial charge is 1.00 e. The smallest absolute Gasteiger partial charge is 0.227 e. The van der Waals surface area contributed by atoms with Gasteiger partial charge in [-0.3, -0.25) is 4.79 Å². The van der Waals surface area contributed by atoms with Gasteiger partial charge in [0, 0.05) is 17.7 Å². The van der Waals surface area contributed by atoms with Gasteiger partial charge in [0.1, 0.15) is 5.82 Å². The molecule has 0 unspecified atom stereocenters. The monoisotopic (exact) mass is 379 g/mol. The predicted molar refractivity (Wildman–Crippen MR) is 79.9 cm³/mol. The molecule has 0 amide bonds. The van der Waals surface area contributed by atoms with Crippen molar-refractivity contribution in [3.63, 3.8) is 0 Å². The SMILES string of the molecule is O=C(C[n+]1cccc2c(Cl)cccc21)c1ccc(F)cc1.[Br-]. The minimum Gasteiger partial charge on any atom is -1.00 e. The molecule has 112 valence electrons. The third-order valence-corrected chi connectivity index (χ3v) is 3.68. The number of pyridine rings is 1. The van der Waals surface area contributed by atoms with Crippen LogP contribution >= 0.6 is 11.6 Å². The van der Waals surface area contributed by atoms with Crippen LogP contribution in [0, 0.1) is 5.82 Å². The highest BCUT2D eigenvalue weighted by atomic mass is 79.9. The molecule has 2 aromatic carbocycles. The van der Waals surface area contributed by atoms with E-state index in [4.69, 9.17) is 11.6 Å². The number of carbonyl (C=O) groups excluding carboxylic acids is 1. The van der Waals surface area contributed by atoms with Crippen LogP contribution in [0.5, 0.6) is 0 Å². The summed E-state index contributed by atoms with van der Waals surface area (Å²) in [6.07, 6.45) is 1.83. The van der Waals surface area contributed by atoms with Gasteiger partial charge in [-0.05, 0) is 36.4 Å². The molecule has 22 heavy (non-hydrogen) atoms. The highest BCUT2D eigenvalue weighted by molar-refractivity contribution is 6.35. The Morgan fingerprint density at radius 1 is 1.05 bits per heavy atom. The molecule has 0 aliphatic heterocycles. The van der Waals surface area contributed by atoms with E-state index in [0.29, 0.717) is 10.6 Å². The summed E-state index contributed by atoms with van der Waals surface area (Å²) < 4.78 is 14.7. The molecule has 0 saturated carbocycles. The maximum absolute atomic E-state index is 12.9. The molecular formula is C17H12BrClFNO. The van der Waals surface area contributed by atoms with Crippen LogP contribution in [0.25, 0.3) is 10.9 Å². The van der Waals surface area contributed by atoms with E-state index in [2.05, 4.69) is 0 Å². The molecule has 0 radical (unpaired) electrons. The van der Waals surface area contributed by atoms with Crippen LogP contribution in [0.3, 0.4) is 0 Å². The molecule has 1 heterocycles. The molecule has 0 spiro atoms. The van der Waals surface area contributed by atoms with Crippen molar-refractivity contribution in [2.45, 2.75) is 6.54 Å². The van der Waals surface area contributed by atoms with Crippen molar-refractivity contribution in [1.29, 1.82) is 0 Å². The molecule has 0 N–H and O–H groups in total. The number of halogens is 3. The van der Waals surface area contributed by atoms with Crippen LogP contribution in [0.2, 0.25) is 5.02 Å². The zero-order valence-electron chi connectivity index (χ0n) is 11.5. The minimum absolute atomic E-state index is 0. The first-order valence-electron chi connectivity index (χ1n) is 6.50. The zero-order valence-corrected chi connectivity index (χ0v) is 13.8. The van der Waals surface area contributed by atoms with Gasteiger partial charge in [0.25, 0.3) is 0 Å². The fourth-order valence-corrected chi connectivity index (χ4v) is 2.52. The Balaban J connectivity index is 0.00000176. The molecule has 0 bridgehead atoms. The molecule has 3 rings (SSSR count). The van der Waals surface area contributed by atoms with Gasteiger partial charge in [-0.25, -0.2) is 4.39 Å². The topological polar surface area (TPSA) is 20.9 Å². The summed E-state index contributed by atoms with van der Waals surface area (Å²) in [4.78, 5) is 12.3. The summed E-state index contributed by atoms with van der Waals surface area (Å²) in [7, 11) is 0. The second-order valence-corrected chi connectivity index (χ2v) is 5.15. The molecule has 3 aromatic rings. The fourth-order valence-electron chi connectivity index (χ4n) is 2.28. The summed E-state index contributed by atoms with van der Waals surface area (Å²) in [6.45, 7) is 0.184. The number of fused-ring (bicyclic) bond motifs is 1. The van der Waals surface area contributed by atoms with Gasteiger partial charge in [-0.1, -0.05) is 17.7 Å². The van der Waals surface area contributed by atoms with Crippen LogP contribution < -0.4 is 21.5 Å². The van der Waals surface area contributed by atoms with Gasteiger partial charge in [-0.15, -0.1) is 0 Å². The van der Waals surface area contributed by atoms with E-state index >= 15 is 0 Å². The molecule has 2 nitrogen and oxygen atoms in total. The minimum atomic E-state index is -0.351. The van der Waals surface area contributed by atoms with E-state index in [0.717, 1.165) is 10.9 Å². The van der Waals surface area contributed by atoms with Crippen LogP contribution in [0.1, 0.15) is 10.4 Å². The first kappa shape index (κ1) is 16.6. The molecular weight excluding hydrogens is 369 g/mol. The summed E-state index contributed by atoms with van der Waals surface area (Å²) in [6, 6.07) is 14.9. The number of rotatable bonds is 3. The second kappa shape index (κ2) is 6.99. The van der Waals surface area contributed by atoms with Gasteiger partial charge in [0.05, 0.1) is 10.4 Å². The third-order valence-electron chi connectivity index (χ3n) is 3.35. The van der Waals surface area contributed by atoms with Crippen molar-refractivity contribution in [3.8, 4) is 0 Å². The van der Waals surface area contributed by atoms with Crippen molar-refractivity contribution < 1.29 is 30.7 Å². The average molecular weight is 381 g/mol. The van der Waals surface area contributed by atoms with Gasteiger partial charge >= 0.3 is 0 Å². The van der Waals surface area contributed by atoms with Crippen LogP contribution in [0.4, 0.5) is 4.39 Å². The Bertz CT molecular complexity index is 821. The summed E-state index contributed by atoms with van der Waals surface area (Å²) >= 11 is 6.16. The standard InChI is InChI=1S/C17H12ClFNO.BrH/c18-15-4-1-5-16-14(15)3-2-10-20(16)11-17(21)12-6-8-13(19)9-7-12;/h1-10H,11H2;1H/q+1;/p-1. The van der Waals surface area contributed by atoms with Gasteiger partial charge in [0.2, 0.25) is 17.8 Å². The highest BCUT2D eigenvalue weighted by Crippen LogP contribution is 2.20. The quantitative estimate of drug-likeness (QED) is 0.487. The zero-order chi connectivity index (χ0) is 14.8. The summed E-state index contributed by atoms with van der Waals surface area (Å²) in [5.74, 6) is -0.427. The molecule has 0 atom stereocenters. The van der Waals surface area contributed by atoms with E-state index in [9.17, 15) is 9.18 Å². The highest BCUT2D eigenvalue weighted by Gasteiger charge is 2.16. The third kappa shape index (κ3) is 3.34. The lowest BCUT2D eigenvalue weighted by atomic mass is 10.1. The van der Waals surface area contributed by atoms with Crippen molar-refractivity contribution in [2.24, 2.45) is 0 Å². The number of nitrogens with zero attached hydrogens (tertiary/aromatic N) is 1. The second-order valence-electron chi connectivity index (χ2n) is 4.74. The Labute approximate surface area is 142 Å². The normalized spacial score (nSPS) is 10.3. The van der Waals surface area contributed by atoms with E-state index in [-0.39, 0.29) is 35.1 Å². The lowest BCUT2D eigenvalue weighted by Gasteiger charge is -2.02. The van der Waals surface area contributed by atoms with Crippen LogP contribution in [0.15, 0.2) is 60.8 Å². The van der Waals surface area contributed by atoms with Crippen molar-refractivity contribution in [1.82, 2.24) is 0 Å². The molecule has 0 aliphatic carbocycles. The summed E-state index contributed by atoms with van der Waals surface area (Å²) in [5.41, 5.74) is 1.38. The molecule has 5 heteroatoms. The molecule has 1 aromatic heterocycles. The van der Waals surface area contributed by atoms with Crippen LogP contribution in [-0.4, -0.2) is 5.78 Å². The van der Waals surface area contributed by atoms with E-state index < -0.39 is 0 Å². The molecule has 0 fully saturated rings. The van der Waals surface area contributed by atoms with Crippen LogP contribution in [-0.2, 0) is 6.54 Å². The Kier molecular flexibility index (Phi) is 5.27. The lowest BCUT2D eigenvalue weighted by molar-refractivity contribution is -0.657. The van der Waals surface area contributed by atoms with Gasteiger partial charge in [-0.2, -0.15) is 4.57 Å². The Hall–Kier alpha value is -1.78. The first-order chi connectivity index (χ1) is 10.1. The number of Topliss-reactive ketones (excluding diaryl/α,β-unsaturated/α-hetero) is 1. The molecule has 0 aliphatic rings. The lowest BCUT2D eigenvalue weighted by Crippen LogP contribution is -3.00. The Morgan fingerprint density at radius 3 is 2.50 bits per heavy atom. The number of aromatic nitrogens is 1. The van der Waals surface area contributed by atoms with Crippen molar-refractivity contribution in [2.75, 3.05) is 0 Å². The maximum Gasteiger partial charge on any atom is 0.227 e. The molecule has 0 saturated heterocycles. The average Bonchev–Trinajstić information content (AvgIpc) is 2.49. The van der Waals surface area contributed by atoms with Crippen molar-refractivity contribution in [3.05, 3.63) is 77.2 Å². The number of hydrogen-bond donors (Lipinski definition) is 0. The fraction of sp³-hybridized carbons (Fsp3) is 0.0588. The number of hydrogen-bond acceptors (Lipinski definition) is 1.